The first kappa shape index (κ1) is 17.2. The minimum absolute atomic E-state index is 0.270. The summed E-state index contributed by atoms with van der Waals surface area (Å²) in [5.74, 6) is 0.298. The van der Waals surface area contributed by atoms with Crippen LogP contribution in [-0.2, 0) is 6.18 Å². The van der Waals surface area contributed by atoms with Crippen LogP contribution in [0.15, 0.2) is 52.9 Å². The van der Waals surface area contributed by atoms with Crippen LogP contribution in [0.25, 0.3) is 11.5 Å². The molecule has 9 heteroatoms. The number of nitrogens with one attached hydrogen (secondary N) is 2. The molecule has 2 aromatic carbocycles. The van der Waals surface area contributed by atoms with Crippen LogP contribution in [-0.4, -0.2) is 16.5 Å². The fraction of sp³-hybridized carbons (Fsp3) is 0.125. The zero-order valence-electron chi connectivity index (χ0n) is 13.0. The largest absolute Gasteiger partial charge is 0.416 e. The molecule has 1 aromatic heterocycles. The van der Waals surface area contributed by atoms with E-state index < -0.39 is 11.7 Å². The number of para-hydroxylation sites is 1. The number of halogens is 3. The van der Waals surface area contributed by atoms with Crippen LogP contribution in [0.3, 0.4) is 0 Å². The lowest BCUT2D eigenvalue weighted by Crippen LogP contribution is -2.04. The van der Waals surface area contributed by atoms with E-state index in [4.69, 9.17) is 4.42 Å². The summed E-state index contributed by atoms with van der Waals surface area (Å²) >= 11 is 1.32. The fourth-order valence-electron chi connectivity index (χ4n) is 2.14. The lowest BCUT2D eigenvalue weighted by atomic mass is 10.1. The third-order valence-electron chi connectivity index (χ3n) is 3.26. The number of nitrogens with zero attached hydrogens (tertiary/aromatic N) is 2. The van der Waals surface area contributed by atoms with Gasteiger partial charge in [-0.2, -0.15) is 13.2 Å². The third-order valence-corrected chi connectivity index (χ3v) is 3.64. The summed E-state index contributed by atoms with van der Waals surface area (Å²) in [7, 11) is 0. The Morgan fingerprint density at radius 1 is 1.00 bits per heavy atom. The Hall–Kier alpha value is -2.68. The van der Waals surface area contributed by atoms with Gasteiger partial charge in [-0.1, -0.05) is 29.2 Å². The number of benzene rings is 2. The molecule has 2 N–H and O–H groups in total. The Balaban J connectivity index is 1.85. The van der Waals surface area contributed by atoms with E-state index in [0.29, 0.717) is 22.8 Å². The SMILES string of the molecule is CSNc1nnc(-c2ccccc2Nc2ccc(C(F)(F)F)cc2)o1. The normalized spacial score (nSPS) is 11.4. The minimum Gasteiger partial charge on any atom is -0.403 e. The van der Waals surface area contributed by atoms with Crippen molar-refractivity contribution in [3.05, 3.63) is 54.1 Å². The second kappa shape index (κ2) is 7.06. The average Bonchev–Trinajstić information content (AvgIpc) is 3.04. The van der Waals surface area contributed by atoms with Gasteiger partial charge in [0.05, 0.1) is 16.8 Å². The summed E-state index contributed by atoms with van der Waals surface area (Å²) in [6.45, 7) is 0. The molecule has 1 heterocycles. The van der Waals surface area contributed by atoms with E-state index in [0.717, 1.165) is 12.1 Å². The Labute approximate surface area is 145 Å². The Morgan fingerprint density at radius 2 is 1.72 bits per heavy atom. The summed E-state index contributed by atoms with van der Waals surface area (Å²) in [6.07, 6.45) is -2.54. The maximum absolute atomic E-state index is 12.6. The maximum atomic E-state index is 12.6. The second-order valence-electron chi connectivity index (χ2n) is 4.96. The van der Waals surface area contributed by atoms with Crippen LogP contribution in [0.4, 0.5) is 30.6 Å². The van der Waals surface area contributed by atoms with Gasteiger partial charge < -0.3 is 9.73 Å². The number of anilines is 3. The summed E-state index contributed by atoms with van der Waals surface area (Å²) < 4.78 is 46.3. The molecule has 0 fully saturated rings. The molecule has 0 spiro atoms. The summed E-state index contributed by atoms with van der Waals surface area (Å²) in [4.78, 5) is 0. The van der Waals surface area contributed by atoms with Crippen LogP contribution in [0.1, 0.15) is 5.56 Å². The molecule has 0 unspecified atom stereocenters. The molecule has 5 nitrogen and oxygen atoms in total. The third kappa shape index (κ3) is 4.05. The van der Waals surface area contributed by atoms with Gasteiger partial charge >= 0.3 is 12.2 Å². The molecule has 0 amide bonds. The lowest BCUT2D eigenvalue weighted by molar-refractivity contribution is -0.137. The molecule has 3 rings (SSSR count). The van der Waals surface area contributed by atoms with Crippen LogP contribution in [0.2, 0.25) is 0 Å². The van der Waals surface area contributed by atoms with E-state index in [2.05, 4.69) is 20.2 Å². The van der Waals surface area contributed by atoms with E-state index in [9.17, 15) is 13.2 Å². The summed E-state index contributed by atoms with van der Waals surface area (Å²) in [5, 5.41) is 10.9. The molecule has 25 heavy (non-hydrogen) atoms. The van der Waals surface area contributed by atoms with Gasteiger partial charge in [-0.3, -0.25) is 4.72 Å². The molecule has 130 valence electrons. The van der Waals surface area contributed by atoms with Crippen molar-refractivity contribution < 1.29 is 17.6 Å². The Morgan fingerprint density at radius 3 is 2.40 bits per heavy atom. The van der Waals surface area contributed by atoms with E-state index in [1.165, 1.54) is 24.1 Å². The molecule has 0 saturated carbocycles. The minimum atomic E-state index is -4.36. The number of hydrogen-bond acceptors (Lipinski definition) is 6. The highest BCUT2D eigenvalue weighted by Gasteiger charge is 2.29. The highest BCUT2D eigenvalue weighted by Crippen LogP contribution is 2.33. The van der Waals surface area contributed by atoms with Crippen LogP contribution in [0, 0.1) is 0 Å². The van der Waals surface area contributed by atoms with E-state index in [1.54, 1.807) is 24.3 Å². The predicted molar refractivity (Wildman–Crippen MR) is 91.6 cm³/mol. The van der Waals surface area contributed by atoms with Crippen LogP contribution in [0.5, 0.6) is 0 Å². The van der Waals surface area contributed by atoms with Crippen molar-refractivity contribution in [2.24, 2.45) is 0 Å². The van der Waals surface area contributed by atoms with Crippen molar-refractivity contribution in [3.8, 4) is 11.5 Å². The van der Waals surface area contributed by atoms with Crippen molar-refractivity contribution in [2.75, 3.05) is 16.3 Å². The molecule has 0 radical (unpaired) electrons. The van der Waals surface area contributed by atoms with Gasteiger partial charge in [-0.25, -0.2) is 0 Å². The van der Waals surface area contributed by atoms with E-state index in [-0.39, 0.29) is 6.01 Å². The fourth-order valence-corrected chi connectivity index (χ4v) is 2.39. The number of hydrogen-bond donors (Lipinski definition) is 2. The molecule has 3 aromatic rings. The zero-order valence-corrected chi connectivity index (χ0v) is 13.8. The van der Waals surface area contributed by atoms with Gasteiger partial charge in [0.2, 0.25) is 0 Å². The summed E-state index contributed by atoms with van der Waals surface area (Å²) in [5.41, 5.74) is 1.10. The smallest absolute Gasteiger partial charge is 0.403 e. The van der Waals surface area contributed by atoms with Gasteiger partial charge in [0.25, 0.3) is 5.89 Å². The van der Waals surface area contributed by atoms with Gasteiger partial charge in [0, 0.05) is 11.9 Å². The van der Waals surface area contributed by atoms with Gasteiger partial charge in [-0.05, 0) is 36.4 Å². The average molecular weight is 366 g/mol. The Bertz CT molecular complexity index is 849. The first-order valence-electron chi connectivity index (χ1n) is 7.13. The number of alkyl halides is 3. The number of aromatic nitrogens is 2. The molecule has 0 aliphatic rings. The molecular formula is C16H13F3N4OS. The van der Waals surface area contributed by atoms with Crippen molar-refractivity contribution in [2.45, 2.75) is 6.18 Å². The van der Waals surface area contributed by atoms with Crippen LogP contribution < -0.4 is 10.0 Å². The Kier molecular flexibility index (Phi) is 4.84. The van der Waals surface area contributed by atoms with E-state index in [1.807, 2.05) is 6.26 Å². The molecular weight excluding hydrogens is 353 g/mol. The monoisotopic (exact) mass is 366 g/mol. The molecule has 0 aliphatic heterocycles. The predicted octanol–water partition coefficient (Wildman–Crippen LogP) is 5.19. The van der Waals surface area contributed by atoms with Gasteiger partial charge in [-0.15, -0.1) is 5.10 Å². The van der Waals surface area contributed by atoms with Crippen molar-refractivity contribution >= 4 is 29.3 Å². The van der Waals surface area contributed by atoms with Crippen molar-refractivity contribution in [1.29, 1.82) is 0 Å². The standard InChI is InChI=1S/C16H13F3N4OS/c1-25-23-15-22-21-14(24-15)12-4-2-3-5-13(12)20-11-8-6-10(7-9-11)16(17,18)19/h2-9,20H,1H3,(H,22,23). The molecule has 0 aliphatic carbocycles. The molecule has 0 atom stereocenters. The van der Waals surface area contributed by atoms with E-state index >= 15 is 0 Å². The van der Waals surface area contributed by atoms with Gasteiger partial charge in [0.15, 0.2) is 0 Å². The first-order valence-corrected chi connectivity index (χ1v) is 8.36. The summed E-state index contributed by atoms with van der Waals surface area (Å²) in [6, 6.07) is 12.2. The topological polar surface area (TPSA) is 63.0 Å². The van der Waals surface area contributed by atoms with Crippen molar-refractivity contribution in [3.63, 3.8) is 0 Å². The first-order chi connectivity index (χ1) is 12.0. The van der Waals surface area contributed by atoms with Crippen LogP contribution >= 0.6 is 11.9 Å². The molecule has 0 saturated heterocycles. The molecule has 0 bridgehead atoms. The highest BCUT2D eigenvalue weighted by atomic mass is 32.2. The quantitative estimate of drug-likeness (QED) is 0.606. The van der Waals surface area contributed by atoms with Gasteiger partial charge in [0.1, 0.15) is 0 Å². The second-order valence-corrected chi connectivity index (χ2v) is 5.58. The highest BCUT2D eigenvalue weighted by molar-refractivity contribution is 7.99. The zero-order chi connectivity index (χ0) is 17.9. The maximum Gasteiger partial charge on any atom is 0.416 e. The van der Waals surface area contributed by atoms with Crippen molar-refractivity contribution in [1.82, 2.24) is 10.2 Å². The number of rotatable bonds is 5. The lowest BCUT2D eigenvalue weighted by Gasteiger charge is -2.11.